The third-order valence-corrected chi connectivity index (χ3v) is 4.07. The topological polar surface area (TPSA) is 30.5 Å². The molecule has 3 nitrogen and oxygen atoms in total. The van der Waals surface area contributed by atoms with Gasteiger partial charge in [0.05, 0.1) is 24.2 Å². The van der Waals surface area contributed by atoms with Gasteiger partial charge in [-0.1, -0.05) is 18.2 Å². The number of halogens is 1. The molecule has 1 aliphatic rings. The summed E-state index contributed by atoms with van der Waals surface area (Å²) in [6.07, 6.45) is 0.959. The molecule has 20 heavy (non-hydrogen) atoms. The van der Waals surface area contributed by atoms with Crippen LogP contribution in [0.5, 0.6) is 11.5 Å². The number of rotatable bonds is 3. The van der Waals surface area contributed by atoms with Gasteiger partial charge in [-0.3, -0.25) is 0 Å². The van der Waals surface area contributed by atoms with Crippen LogP contribution in [-0.2, 0) is 0 Å². The summed E-state index contributed by atoms with van der Waals surface area (Å²) in [7, 11) is 1.67. The SMILES string of the molecule is COc1ccc(NC2CCOc3ccccc32)cc1Br. The Morgan fingerprint density at radius 2 is 2.10 bits per heavy atom. The predicted molar refractivity (Wildman–Crippen MR) is 83.6 cm³/mol. The summed E-state index contributed by atoms with van der Waals surface area (Å²) in [5, 5.41) is 3.56. The minimum atomic E-state index is 0.278. The maximum Gasteiger partial charge on any atom is 0.133 e. The van der Waals surface area contributed by atoms with Crippen LogP contribution in [0.3, 0.4) is 0 Å². The Labute approximate surface area is 127 Å². The maximum atomic E-state index is 5.68. The summed E-state index contributed by atoms with van der Waals surface area (Å²) in [4.78, 5) is 0. The highest BCUT2D eigenvalue weighted by Crippen LogP contribution is 2.35. The van der Waals surface area contributed by atoms with Gasteiger partial charge in [-0.15, -0.1) is 0 Å². The molecule has 104 valence electrons. The van der Waals surface area contributed by atoms with Crippen LogP contribution < -0.4 is 14.8 Å². The smallest absolute Gasteiger partial charge is 0.133 e. The van der Waals surface area contributed by atoms with Crippen molar-refractivity contribution in [3.8, 4) is 11.5 Å². The van der Waals surface area contributed by atoms with Crippen LogP contribution in [-0.4, -0.2) is 13.7 Å². The molecule has 4 heteroatoms. The van der Waals surface area contributed by atoms with Crippen LogP contribution >= 0.6 is 15.9 Å². The Morgan fingerprint density at radius 1 is 1.25 bits per heavy atom. The summed E-state index contributed by atoms with van der Waals surface area (Å²) in [6.45, 7) is 0.742. The van der Waals surface area contributed by atoms with Crippen LogP contribution in [0.25, 0.3) is 0 Å². The second-order valence-electron chi connectivity index (χ2n) is 4.72. The second kappa shape index (κ2) is 5.75. The Bertz CT molecular complexity index is 615. The van der Waals surface area contributed by atoms with Crippen molar-refractivity contribution in [2.75, 3.05) is 19.0 Å². The highest BCUT2D eigenvalue weighted by atomic mass is 79.9. The highest BCUT2D eigenvalue weighted by molar-refractivity contribution is 9.10. The molecular formula is C16H16BrNO2. The molecule has 1 N–H and O–H groups in total. The van der Waals surface area contributed by atoms with Gasteiger partial charge >= 0.3 is 0 Å². The van der Waals surface area contributed by atoms with Gasteiger partial charge in [0, 0.05) is 17.7 Å². The van der Waals surface area contributed by atoms with Crippen LogP contribution in [0.15, 0.2) is 46.9 Å². The lowest BCUT2D eigenvalue weighted by Gasteiger charge is -2.27. The van der Waals surface area contributed by atoms with Gasteiger partial charge in [-0.25, -0.2) is 0 Å². The van der Waals surface area contributed by atoms with E-state index in [2.05, 4.69) is 27.3 Å². The number of fused-ring (bicyclic) bond motifs is 1. The van der Waals surface area contributed by atoms with Crippen molar-refractivity contribution >= 4 is 21.6 Å². The first kappa shape index (κ1) is 13.3. The average Bonchev–Trinajstić information content (AvgIpc) is 2.48. The molecule has 1 unspecified atom stereocenters. The van der Waals surface area contributed by atoms with Crippen molar-refractivity contribution in [1.29, 1.82) is 0 Å². The van der Waals surface area contributed by atoms with Gasteiger partial charge in [0.25, 0.3) is 0 Å². The van der Waals surface area contributed by atoms with E-state index in [1.165, 1.54) is 5.56 Å². The lowest BCUT2D eigenvalue weighted by Crippen LogP contribution is -2.20. The average molecular weight is 334 g/mol. The number of nitrogens with one attached hydrogen (secondary N) is 1. The molecule has 2 aromatic carbocycles. The van der Waals surface area contributed by atoms with Crippen LogP contribution in [0.2, 0.25) is 0 Å². The molecule has 0 radical (unpaired) electrons. The molecule has 0 bridgehead atoms. The summed E-state index contributed by atoms with van der Waals surface area (Å²) >= 11 is 3.51. The molecule has 0 spiro atoms. The minimum Gasteiger partial charge on any atom is -0.496 e. The first-order valence-electron chi connectivity index (χ1n) is 6.60. The van der Waals surface area contributed by atoms with Crippen molar-refractivity contribution < 1.29 is 9.47 Å². The maximum absolute atomic E-state index is 5.68. The molecule has 0 saturated carbocycles. The zero-order chi connectivity index (χ0) is 13.9. The lowest BCUT2D eigenvalue weighted by atomic mass is 10.0. The summed E-state index contributed by atoms with van der Waals surface area (Å²) in [5.41, 5.74) is 2.28. The zero-order valence-electron chi connectivity index (χ0n) is 11.2. The van der Waals surface area contributed by atoms with Crippen molar-refractivity contribution in [1.82, 2.24) is 0 Å². The summed E-state index contributed by atoms with van der Waals surface area (Å²) < 4.78 is 11.9. The van der Waals surface area contributed by atoms with Gasteiger partial charge < -0.3 is 14.8 Å². The molecule has 0 amide bonds. The molecule has 3 rings (SSSR count). The van der Waals surface area contributed by atoms with Crippen LogP contribution in [0.4, 0.5) is 5.69 Å². The number of anilines is 1. The molecule has 1 atom stereocenters. The van der Waals surface area contributed by atoms with Crippen LogP contribution in [0, 0.1) is 0 Å². The third kappa shape index (κ3) is 2.61. The predicted octanol–water partition coefficient (Wildman–Crippen LogP) is 4.39. The first-order valence-corrected chi connectivity index (χ1v) is 7.39. The van der Waals surface area contributed by atoms with Crippen LogP contribution in [0.1, 0.15) is 18.0 Å². The van der Waals surface area contributed by atoms with Gasteiger partial charge in [-0.05, 0) is 40.2 Å². The minimum absolute atomic E-state index is 0.278. The lowest BCUT2D eigenvalue weighted by molar-refractivity contribution is 0.274. The van der Waals surface area contributed by atoms with E-state index in [0.29, 0.717) is 0 Å². The Hall–Kier alpha value is -1.68. The van der Waals surface area contributed by atoms with E-state index in [1.807, 2.05) is 36.4 Å². The fraction of sp³-hybridized carbons (Fsp3) is 0.250. The largest absolute Gasteiger partial charge is 0.496 e. The Kier molecular flexibility index (Phi) is 3.83. The number of hydrogen-bond donors (Lipinski definition) is 1. The van der Waals surface area contributed by atoms with E-state index in [0.717, 1.165) is 34.7 Å². The number of hydrogen-bond acceptors (Lipinski definition) is 3. The third-order valence-electron chi connectivity index (χ3n) is 3.45. The highest BCUT2D eigenvalue weighted by Gasteiger charge is 2.20. The fourth-order valence-corrected chi connectivity index (χ4v) is 2.99. The second-order valence-corrected chi connectivity index (χ2v) is 5.58. The van der Waals surface area contributed by atoms with E-state index in [-0.39, 0.29) is 6.04 Å². The quantitative estimate of drug-likeness (QED) is 0.903. The summed E-state index contributed by atoms with van der Waals surface area (Å²) in [6, 6.07) is 14.5. The molecule has 1 aliphatic heterocycles. The number of para-hydroxylation sites is 1. The molecule has 0 fully saturated rings. The molecule has 1 heterocycles. The van der Waals surface area contributed by atoms with Crippen molar-refractivity contribution in [3.63, 3.8) is 0 Å². The monoisotopic (exact) mass is 333 g/mol. The van der Waals surface area contributed by atoms with E-state index in [1.54, 1.807) is 7.11 Å². The van der Waals surface area contributed by atoms with Crippen molar-refractivity contribution in [3.05, 3.63) is 52.5 Å². The van der Waals surface area contributed by atoms with Gasteiger partial charge in [0.2, 0.25) is 0 Å². The normalized spacial score (nSPS) is 17.0. The number of methoxy groups -OCH3 is 1. The molecule has 0 aromatic heterocycles. The number of ether oxygens (including phenoxy) is 2. The van der Waals surface area contributed by atoms with E-state index in [9.17, 15) is 0 Å². The Balaban J connectivity index is 1.84. The standard InChI is InChI=1S/C16H16BrNO2/c1-19-16-7-6-11(10-13(16)17)18-14-8-9-20-15-5-3-2-4-12(14)15/h2-7,10,14,18H,8-9H2,1H3. The fourth-order valence-electron chi connectivity index (χ4n) is 2.45. The van der Waals surface area contributed by atoms with E-state index in [4.69, 9.17) is 9.47 Å². The van der Waals surface area contributed by atoms with Crippen molar-refractivity contribution in [2.24, 2.45) is 0 Å². The zero-order valence-corrected chi connectivity index (χ0v) is 12.8. The van der Waals surface area contributed by atoms with Crippen molar-refractivity contribution in [2.45, 2.75) is 12.5 Å². The molecule has 0 saturated heterocycles. The van der Waals surface area contributed by atoms with E-state index >= 15 is 0 Å². The van der Waals surface area contributed by atoms with Gasteiger partial charge in [0.15, 0.2) is 0 Å². The van der Waals surface area contributed by atoms with E-state index < -0.39 is 0 Å². The first-order chi connectivity index (χ1) is 9.78. The van der Waals surface area contributed by atoms with Gasteiger partial charge in [0.1, 0.15) is 11.5 Å². The summed E-state index contributed by atoms with van der Waals surface area (Å²) in [5.74, 6) is 1.81. The molecule has 2 aromatic rings. The van der Waals surface area contributed by atoms with Gasteiger partial charge in [-0.2, -0.15) is 0 Å². The molecule has 0 aliphatic carbocycles. The Morgan fingerprint density at radius 3 is 2.90 bits per heavy atom. The molecular weight excluding hydrogens is 318 g/mol. The number of benzene rings is 2.